The fourth-order valence-electron chi connectivity index (χ4n) is 1.80. The third kappa shape index (κ3) is 2.65. The Morgan fingerprint density at radius 2 is 2.26 bits per heavy atom. The summed E-state index contributed by atoms with van der Waals surface area (Å²) in [7, 11) is 0. The topological polar surface area (TPSA) is 82.4 Å². The van der Waals surface area contributed by atoms with E-state index in [0.29, 0.717) is 24.4 Å². The number of rotatable bonds is 3. The van der Waals surface area contributed by atoms with Crippen LogP contribution in [0.2, 0.25) is 0 Å². The normalized spacial score (nSPS) is 15.6. The molecular weight excluding hydrogens is 246 g/mol. The predicted molar refractivity (Wildman–Crippen MR) is 66.4 cm³/mol. The zero-order valence-electron chi connectivity index (χ0n) is 10.4. The maximum Gasteiger partial charge on any atom is 0.324 e. The molecule has 3 amide bonds. The summed E-state index contributed by atoms with van der Waals surface area (Å²) >= 11 is 0. The Labute approximate surface area is 110 Å². The molecule has 0 bridgehead atoms. The highest BCUT2D eigenvalue weighted by atomic mass is 16.5. The van der Waals surface area contributed by atoms with E-state index in [9.17, 15) is 9.59 Å². The quantitative estimate of drug-likeness (QED) is 0.873. The van der Waals surface area contributed by atoms with Gasteiger partial charge in [-0.1, -0.05) is 12.1 Å². The minimum absolute atomic E-state index is 0.338. The van der Waals surface area contributed by atoms with Gasteiger partial charge in [0.1, 0.15) is 11.8 Å². The van der Waals surface area contributed by atoms with Crippen molar-refractivity contribution >= 4 is 11.9 Å². The van der Waals surface area contributed by atoms with Crippen LogP contribution in [0.5, 0.6) is 5.75 Å². The summed E-state index contributed by atoms with van der Waals surface area (Å²) in [6, 6.07) is 8.24. The Morgan fingerprint density at radius 1 is 1.53 bits per heavy atom. The fourth-order valence-corrected chi connectivity index (χ4v) is 1.80. The highest BCUT2D eigenvalue weighted by Crippen LogP contribution is 2.19. The van der Waals surface area contributed by atoms with E-state index in [1.807, 2.05) is 6.07 Å². The van der Waals surface area contributed by atoms with Gasteiger partial charge in [-0.3, -0.25) is 9.69 Å². The molecule has 1 N–H and O–H groups in total. The summed E-state index contributed by atoms with van der Waals surface area (Å²) in [5.74, 6) is -0.0757. The molecular formula is C13H13N3O3. The van der Waals surface area contributed by atoms with Gasteiger partial charge in [0.2, 0.25) is 0 Å². The standard InChI is InChI=1S/C13H13N3O3/c1-9(12(17)16-7-6-15-13(16)18)19-11-5-3-2-4-10(11)8-14/h2-5,9H,6-7H2,1H3,(H,15,18)/t9-/m0/s1. The number of urea groups is 1. The third-order valence-corrected chi connectivity index (χ3v) is 2.78. The lowest BCUT2D eigenvalue weighted by Gasteiger charge is -2.19. The van der Waals surface area contributed by atoms with E-state index in [4.69, 9.17) is 10.00 Å². The highest BCUT2D eigenvalue weighted by molar-refractivity contribution is 5.97. The first-order valence-electron chi connectivity index (χ1n) is 5.88. The van der Waals surface area contributed by atoms with E-state index >= 15 is 0 Å². The average molecular weight is 259 g/mol. The number of hydrogen-bond acceptors (Lipinski definition) is 4. The summed E-state index contributed by atoms with van der Waals surface area (Å²) in [5, 5.41) is 11.5. The Hall–Kier alpha value is -2.55. The van der Waals surface area contributed by atoms with Crippen LogP contribution >= 0.6 is 0 Å². The number of para-hydroxylation sites is 1. The Morgan fingerprint density at radius 3 is 2.89 bits per heavy atom. The van der Waals surface area contributed by atoms with Crippen molar-refractivity contribution < 1.29 is 14.3 Å². The smallest absolute Gasteiger partial charge is 0.324 e. The van der Waals surface area contributed by atoms with Crippen LogP contribution in [0.25, 0.3) is 0 Å². The molecule has 0 spiro atoms. The van der Waals surface area contributed by atoms with Crippen molar-refractivity contribution in [1.29, 1.82) is 5.26 Å². The van der Waals surface area contributed by atoms with Crippen LogP contribution in [-0.4, -0.2) is 36.0 Å². The number of hydrogen-bond donors (Lipinski definition) is 1. The molecule has 6 heteroatoms. The molecule has 1 saturated heterocycles. The summed E-state index contributed by atoms with van der Waals surface area (Å²) < 4.78 is 5.47. The number of nitrogens with one attached hydrogen (secondary N) is 1. The molecule has 1 aliphatic heterocycles. The van der Waals surface area contributed by atoms with E-state index in [-0.39, 0.29) is 0 Å². The summed E-state index contributed by atoms with van der Waals surface area (Å²) in [4.78, 5) is 24.5. The number of nitriles is 1. The molecule has 2 rings (SSSR count). The second-order valence-electron chi connectivity index (χ2n) is 4.09. The lowest BCUT2D eigenvalue weighted by molar-refractivity contribution is -0.134. The number of ether oxygens (including phenoxy) is 1. The summed E-state index contributed by atoms with van der Waals surface area (Å²) in [5.41, 5.74) is 0.355. The van der Waals surface area contributed by atoms with Crippen molar-refractivity contribution in [2.24, 2.45) is 0 Å². The van der Waals surface area contributed by atoms with Gasteiger partial charge in [-0.05, 0) is 19.1 Å². The Balaban J connectivity index is 2.09. The van der Waals surface area contributed by atoms with Crippen LogP contribution in [0.15, 0.2) is 24.3 Å². The van der Waals surface area contributed by atoms with Crippen molar-refractivity contribution in [3.05, 3.63) is 29.8 Å². The van der Waals surface area contributed by atoms with Crippen molar-refractivity contribution in [2.75, 3.05) is 13.1 Å². The van der Waals surface area contributed by atoms with Gasteiger partial charge in [-0.15, -0.1) is 0 Å². The number of nitrogens with zero attached hydrogens (tertiary/aromatic N) is 2. The molecule has 19 heavy (non-hydrogen) atoms. The number of imide groups is 1. The van der Waals surface area contributed by atoms with E-state index in [1.54, 1.807) is 31.2 Å². The molecule has 0 saturated carbocycles. The molecule has 1 aromatic rings. The lowest BCUT2D eigenvalue weighted by Crippen LogP contribution is -2.42. The van der Waals surface area contributed by atoms with Crippen LogP contribution in [-0.2, 0) is 4.79 Å². The summed E-state index contributed by atoms with van der Waals surface area (Å²) in [6.45, 7) is 2.35. The molecule has 0 aliphatic carbocycles. The van der Waals surface area contributed by atoms with Gasteiger partial charge < -0.3 is 10.1 Å². The molecule has 0 radical (unpaired) electrons. The van der Waals surface area contributed by atoms with Gasteiger partial charge in [-0.25, -0.2) is 4.79 Å². The highest BCUT2D eigenvalue weighted by Gasteiger charge is 2.30. The van der Waals surface area contributed by atoms with Gasteiger partial charge in [0.25, 0.3) is 5.91 Å². The molecule has 1 fully saturated rings. The molecule has 1 aromatic carbocycles. The molecule has 0 aromatic heterocycles. The van der Waals surface area contributed by atoms with Crippen LogP contribution in [0.3, 0.4) is 0 Å². The van der Waals surface area contributed by atoms with E-state index in [0.717, 1.165) is 4.90 Å². The van der Waals surface area contributed by atoms with Crippen LogP contribution < -0.4 is 10.1 Å². The monoisotopic (exact) mass is 259 g/mol. The lowest BCUT2D eigenvalue weighted by atomic mass is 10.2. The second-order valence-corrected chi connectivity index (χ2v) is 4.09. The molecule has 0 unspecified atom stereocenters. The molecule has 1 aliphatic rings. The van der Waals surface area contributed by atoms with E-state index in [1.165, 1.54) is 0 Å². The number of carbonyl (C=O) groups is 2. The van der Waals surface area contributed by atoms with Gasteiger partial charge in [-0.2, -0.15) is 5.26 Å². The summed E-state index contributed by atoms with van der Waals surface area (Å²) in [6.07, 6.45) is -0.821. The largest absolute Gasteiger partial charge is 0.479 e. The van der Waals surface area contributed by atoms with Gasteiger partial charge in [0.05, 0.1) is 5.56 Å². The molecule has 1 heterocycles. The predicted octanol–water partition coefficient (Wildman–Crippen LogP) is 0.877. The Kier molecular flexibility index (Phi) is 3.66. The van der Waals surface area contributed by atoms with Crippen molar-refractivity contribution in [3.63, 3.8) is 0 Å². The first kappa shape index (κ1) is 12.9. The van der Waals surface area contributed by atoms with Crippen molar-refractivity contribution in [1.82, 2.24) is 10.2 Å². The number of carbonyl (C=O) groups excluding carboxylic acids is 2. The van der Waals surface area contributed by atoms with Crippen LogP contribution in [0.1, 0.15) is 12.5 Å². The van der Waals surface area contributed by atoms with E-state index in [2.05, 4.69) is 5.32 Å². The number of amides is 3. The SMILES string of the molecule is C[C@H](Oc1ccccc1C#N)C(=O)N1CCNC1=O. The molecule has 1 atom stereocenters. The molecule has 6 nitrogen and oxygen atoms in total. The maximum absolute atomic E-state index is 12.0. The second kappa shape index (κ2) is 5.40. The first-order chi connectivity index (χ1) is 9.13. The zero-order chi connectivity index (χ0) is 13.8. The minimum atomic E-state index is -0.821. The van der Waals surface area contributed by atoms with Gasteiger partial charge >= 0.3 is 6.03 Å². The van der Waals surface area contributed by atoms with Crippen LogP contribution in [0, 0.1) is 11.3 Å². The first-order valence-corrected chi connectivity index (χ1v) is 5.88. The van der Waals surface area contributed by atoms with Crippen molar-refractivity contribution in [2.45, 2.75) is 13.0 Å². The minimum Gasteiger partial charge on any atom is -0.479 e. The molecule has 98 valence electrons. The third-order valence-electron chi connectivity index (χ3n) is 2.78. The average Bonchev–Trinajstić information content (AvgIpc) is 2.84. The maximum atomic E-state index is 12.0. The van der Waals surface area contributed by atoms with Crippen LogP contribution in [0.4, 0.5) is 4.79 Å². The van der Waals surface area contributed by atoms with Crippen molar-refractivity contribution in [3.8, 4) is 11.8 Å². The van der Waals surface area contributed by atoms with Gasteiger partial charge in [0.15, 0.2) is 6.10 Å². The van der Waals surface area contributed by atoms with Gasteiger partial charge in [0, 0.05) is 13.1 Å². The Bertz CT molecular complexity index is 550. The van der Waals surface area contributed by atoms with E-state index < -0.39 is 18.0 Å². The zero-order valence-corrected chi connectivity index (χ0v) is 10.4. The number of benzene rings is 1. The fraction of sp³-hybridized carbons (Fsp3) is 0.308.